The van der Waals surface area contributed by atoms with E-state index < -0.39 is 21.6 Å². The molecule has 3 aromatic rings. The molecule has 1 aliphatic rings. The van der Waals surface area contributed by atoms with E-state index in [1.807, 2.05) is 48.5 Å². The first-order valence-corrected chi connectivity index (χ1v) is 12.3. The van der Waals surface area contributed by atoms with Crippen molar-refractivity contribution < 1.29 is 8.42 Å². The van der Waals surface area contributed by atoms with E-state index in [-0.39, 0.29) is 0 Å². The first-order valence-electron chi connectivity index (χ1n) is 8.15. The molecule has 0 amide bonds. The van der Waals surface area contributed by atoms with E-state index in [1.54, 1.807) is 24.3 Å². The third-order valence-electron chi connectivity index (χ3n) is 4.40. The molecule has 0 fully saturated rings. The summed E-state index contributed by atoms with van der Waals surface area (Å²) in [5.41, 5.74) is 4.10. The van der Waals surface area contributed by atoms with Gasteiger partial charge in [0, 0.05) is 67.3 Å². The van der Waals surface area contributed by atoms with E-state index in [0.717, 1.165) is 49.8 Å². The summed E-state index contributed by atoms with van der Waals surface area (Å²) in [5, 5.41) is 1.03. The van der Waals surface area contributed by atoms with Crippen molar-refractivity contribution in [2.45, 2.75) is 21.5 Å². The molecule has 0 radical (unpaired) electrons. The number of benzene rings is 2. The van der Waals surface area contributed by atoms with Gasteiger partial charge >= 0.3 is 0 Å². The molecular weight excluding hydrogens is 384 g/mol. The molecule has 1 aromatic heterocycles. The highest BCUT2D eigenvalue weighted by atomic mass is 32.2. The van der Waals surface area contributed by atoms with Gasteiger partial charge in [-0.1, -0.05) is 36.0 Å². The summed E-state index contributed by atoms with van der Waals surface area (Å²) in [6, 6.07) is 15.6. The monoisotopic (exact) mass is 402 g/mol. The van der Waals surface area contributed by atoms with Crippen LogP contribution in [0.15, 0.2) is 63.5 Å². The molecule has 4 nitrogen and oxygen atoms in total. The van der Waals surface area contributed by atoms with E-state index in [0.29, 0.717) is 0 Å². The van der Waals surface area contributed by atoms with Crippen LogP contribution in [0.25, 0.3) is 22.5 Å². The van der Waals surface area contributed by atoms with Crippen LogP contribution in [0, 0.1) is 0 Å². The number of nitrogens with zero attached hydrogens (tertiary/aromatic N) is 2. The van der Waals surface area contributed by atoms with E-state index in [4.69, 9.17) is 4.98 Å². The van der Waals surface area contributed by atoms with Gasteiger partial charge in [0.25, 0.3) is 0 Å². The summed E-state index contributed by atoms with van der Waals surface area (Å²) in [6.45, 7) is 0.931. The molecule has 2 heterocycles. The van der Waals surface area contributed by atoms with Crippen molar-refractivity contribution in [2.24, 2.45) is 0 Å². The van der Waals surface area contributed by atoms with E-state index in [2.05, 4.69) is 4.57 Å². The molecule has 0 N–H and O–H groups in total. The van der Waals surface area contributed by atoms with Crippen LogP contribution in [0.2, 0.25) is 0 Å². The second kappa shape index (κ2) is 7.13. The quantitative estimate of drug-likeness (QED) is 0.666. The second-order valence-electron chi connectivity index (χ2n) is 6.05. The van der Waals surface area contributed by atoms with Gasteiger partial charge in [-0.15, -0.1) is 0 Å². The standard InChI is InChI=1S/C19H18N2O2S3/c1-25(22)15-7-3-13(4-8-15)17-18(21-11-12-24-19(21)20-17)14-5-9-16(10-6-14)26(2)23/h3-10H,11-12H2,1-2H3. The SMILES string of the molecule is CS(=O)c1ccc(-c2nc3n(c2-c2ccc(S(C)=O)cc2)CCS3)cc1. The Morgan fingerprint density at radius 1 is 0.885 bits per heavy atom. The van der Waals surface area contributed by atoms with Gasteiger partial charge in [-0.25, -0.2) is 4.98 Å². The van der Waals surface area contributed by atoms with Crippen LogP contribution in [0.5, 0.6) is 0 Å². The molecule has 2 unspecified atom stereocenters. The number of aromatic nitrogens is 2. The topological polar surface area (TPSA) is 52.0 Å². The van der Waals surface area contributed by atoms with Crippen LogP contribution in [-0.4, -0.2) is 36.2 Å². The molecule has 0 saturated carbocycles. The number of thioether (sulfide) groups is 1. The van der Waals surface area contributed by atoms with Gasteiger partial charge in [-0.05, 0) is 24.3 Å². The van der Waals surface area contributed by atoms with Crippen molar-refractivity contribution in [2.75, 3.05) is 18.3 Å². The van der Waals surface area contributed by atoms with Gasteiger partial charge < -0.3 is 4.57 Å². The minimum Gasteiger partial charge on any atom is -0.318 e. The zero-order valence-electron chi connectivity index (χ0n) is 14.5. The second-order valence-corrected chi connectivity index (χ2v) is 9.87. The summed E-state index contributed by atoms with van der Waals surface area (Å²) >= 11 is 1.76. The number of hydrogen-bond acceptors (Lipinski definition) is 4. The molecule has 1 aliphatic heterocycles. The smallest absolute Gasteiger partial charge is 0.169 e. The summed E-state index contributed by atoms with van der Waals surface area (Å²) in [7, 11) is -1.98. The predicted octanol–water partition coefficient (Wildman–Crippen LogP) is 3.80. The van der Waals surface area contributed by atoms with Gasteiger partial charge in [0.15, 0.2) is 5.16 Å². The molecule has 0 saturated heterocycles. The normalized spacial score (nSPS) is 15.6. The summed E-state index contributed by atoms with van der Waals surface area (Å²) in [5.74, 6) is 1.03. The minimum absolute atomic E-state index is 0.811. The van der Waals surface area contributed by atoms with E-state index in [9.17, 15) is 8.42 Å². The molecule has 26 heavy (non-hydrogen) atoms. The molecule has 0 spiro atoms. The maximum absolute atomic E-state index is 11.7. The third kappa shape index (κ3) is 3.19. The number of fused-ring (bicyclic) bond motifs is 1. The van der Waals surface area contributed by atoms with Crippen molar-refractivity contribution in [3.63, 3.8) is 0 Å². The van der Waals surface area contributed by atoms with Crippen LogP contribution in [0.3, 0.4) is 0 Å². The zero-order chi connectivity index (χ0) is 18.3. The Morgan fingerprint density at radius 3 is 1.96 bits per heavy atom. The molecule has 4 rings (SSSR count). The molecule has 0 bridgehead atoms. The lowest BCUT2D eigenvalue weighted by Crippen LogP contribution is -1.98. The minimum atomic E-state index is -0.990. The molecule has 2 atom stereocenters. The maximum atomic E-state index is 11.7. The van der Waals surface area contributed by atoms with Gasteiger partial charge in [0.2, 0.25) is 0 Å². The average Bonchev–Trinajstić information content (AvgIpc) is 3.23. The highest BCUT2D eigenvalue weighted by Crippen LogP contribution is 2.39. The average molecular weight is 403 g/mol. The Labute approximate surface area is 162 Å². The van der Waals surface area contributed by atoms with Crippen LogP contribution in [-0.2, 0) is 28.1 Å². The van der Waals surface area contributed by atoms with Crippen LogP contribution in [0.1, 0.15) is 0 Å². The Hall–Kier alpha value is -1.70. The highest BCUT2D eigenvalue weighted by molar-refractivity contribution is 7.99. The Kier molecular flexibility index (Phi) is 4.86. The summed E-state index contributed by atoms with van der Waals surface area (Å²) < 4.78 is 25.6. The molecule has 134 valence electrons. The van der Waals surface area contributed by atoms with Crippen molar-refractivity contribution in [1.29, 1.82) is 0 Å². The van der Waals surface area contributed by atoms with Crippen LogP contribution in [0.4, 0.5) is 0 Å². The van der Waals surface area contributed by atoms with Crippen LogP contribution < -0.4 is 0 Å². The highest BCUT2D eigenvalue weighted by Gasteiger charge is 2.23. The fourth-order valence-electron chi connectivity index (χ4n) is 3.08. The lowest BCUT2D eigenvalue weighted by molar-refractivity contribution is 0.686. The molecular formula is C19H18N2O2S3. The fraction of sp³-hybridized carbons (Fsp3) is 0.211. The fourth-order valence-corrected chi connectivity index (χ4v) is 5.07. The Balaban J connectivity index is 1.83. The van der Waals surface area contributed by atoms with Crippen molar-refractivity contribution >= 4 is 33.4 Å². The summed E-state index contributed by atoms with van der Waals surface area (Å²) in [4.78, 5) is 6.49. The van der Waals surface area contributed by atoms with E-state index in [1.165, 1.54) is 0 Å². The van der Waals surface area contributed by atoms with Gasteiger partial charge in [0.1, 0.15) is 0 Å². The first kappa shape index (κ1) is 17.7. The maximum Gasteiger partial charge on any atom is 0.169 e. The Bertz CT molecular complexity index is 1010. The summed E-state index contributed by atoms with van der Waals surface area (Å²) in [6.07, 6.45) is 3.37. The molecule has 2 aromatic carbocycles. The number of rotatable bonds is 4. The predicted molar refractivity (Wildman–Crippen MR) is 108 cm³/mol. The van der Waals surface area contributed by atoms with Crippen LogP contribution >= 0.6 is 11.8 Å². The third-order valence-corrected chi connectivity index (χ3v) is 7.23. The van der Waals surface area contributed by atoms with Gasteiger partial charge in [-0.3, -0.25) is 8.42 Å². The number of imidazole rings is 1. The lowest BCUT2D eigenvalue weighted by Gasteiger charge is -2.09. The zero-order valence-corrected chi connectivity index (χ0v) is 16.9. The molecule has 0 aliphatic carbocycles. The number of hydrogen-bond donors (Lipinski definition) is 0. The van der Waals surface area contributed by atoms with Crippen molar-refractivity contribution in [1.82, 2.24) is 9.55 Å². The Morgan fingerprint density at radius 2 is 1.42 bits per heavy atom. The van der Waals surface area contributed by atoms with Gasteiger partial charge in [-0.2, -0.15) is 0 Å². The van der Waals surface area contributed by atoms with E-state index >= 15 is 0 Å². The molecule has 7 heteroatoms. The largest absolute Gasteiger partial charge is 0.318 e. The lowest BCUT2D eigenvalue weighted by atomic mass is 10.0. The van der Waals surface area contributed by atoms with Gasteiger partial charge in [0.05, 0.1) is 11.4 Å². The van der Waals surface area contributed by atoms with Crippen molar-refractivity contribution in [3.05, 3.63) is 48.5 Å². The van der Waals surface area contributed by atoms with Crippen molar-refractivity contribution in [3.8, 4) is 22.5 Å². The first-order chi connectivity index (χ1) is 12.5.